The van der Waals surface area contributed by atoms with Crippen LogP contribution in [0.1, 0.15) is 21.6 Å². The van der Waals surface area contributed by atoms with Crippen LogP contribution in [0.2, 0.25) is 0 Å². The molecule has 33 heavy (non-hydrogen) atoms. The van der Waals surface area contributed by atoms with Gasteiger partial charge < -0.3 is 14.1 Å². The third-order valence-electron chi connectivity index (χ3n) is 4.70. The molecule has 2 aromatic carbocycles. The molecule has 0 N–H and O–H groups in total. The number of ketones is 1. The van der Waals surface area contributed by atoms with Crippen molar-refractivity contribution in [2.75, 3.05) is 14.1 Å². The second-order valence-electron chi connectivity index (χ2n) is 7.62. The Balaban J connectivity index is 1.44. The van der Waals surface area contributed by atoms with Crippen molar-refractivity contribution in [1.29, 1.82) is 0 Å². The number of carbonyl (C=O) groups is 1. The second-order valence-corrected chi connectivity index (χ2v) is 7.62. The molecule has 0 saturated heterocycles. The smallest absolute Gasteiger partial charge is 0.347 e. The topological polar surface area (TPSA) is 90.5 Å². The number of nitrogens with zero attached hydrogens (tertiary/aromatic N) is 4. The van der Waals surface area contributed by atoms with Crippen molar-refractivity contribution in [3.05, 3.63) is 100 Å². The first-order valence-electron chi connectivity index (χ1n) is 10.1. The summed E-state index contributed by atoms with van der Waals surface area (Å²) in [5, 5.41) is 8.69. The van der Waals surface area contributed by atoms with E-state index in [2.05, 4.69) is 10.3 Å². The van der Waals surface area contributed by atoms with Gasteiger partial charge in [0.1, 0.15) is 35.0 Å². The Kier molecular flexibility index (Phi) is 6.30. The minimum atomic E-state index is -0.714. The van der Waals surface area contributed by atoms with E-state index in [4.69, 9.17) is 9.15 Å². The molecule has 0 amide bonds. The van der Waals surface area contributed by atoms with Gasteiger partial charge >= 0.3 is 5.63 Å². The number of carbonyl (C=O) groups excluding carboxylic acids is 1. The Labute approximate surface area is 188 Å². The molecule has 0 fully saturated rings. The highest BCUT2D eigenvalue weighted by atomic mass is 19.1. The highest BCUT2D eigenvalue weighted by Crippen LogP contribution is 2.21. The zero-order valence-corrected chi connectivity index (χ0v) is 18.1. The van der Waals surface area contributed by atoms with E-state index in [0.29, 0.717) is 29.0 Å². The molecule has 0 bridgehead atoms. The van der Waals surface area contributed by atoms with Crippen LogP contribution >= 0.6 is 0 Å². The number of rotatable bonds is 8. The normalized spacial score (nSPS) is 11.2. The van der Waals surface area contributed by atoms with Gasteiger partial charge in [-0.1, -0.05) is 17.3 Å². The van der Waals surface area contributed by atoms with Gasteiger partial charge in [-0.3, -0.25) is 4.79 Å². The van der Waals surface area contributed by atoms with E-state index in [0.717, 1.165) is 5.56 Å². The molecule has 9 heteroatoms. The van der Waals surface area contributed by atoms with E-state index < -0.39 is 11.4 Å². The maximum atomic E-state index is 13.3. The predicted octanol–water partition coefficient (Wildman–Crippen LogP) is 3.41. The molecule has 4 rings (SSSR count). The highest BCUT2D eigenvalue weighted by Gasteiger charge is 2.12. The zero-order valence-electron chi connectivity index (χ0n) is 18.1. The van der Waals surface area contributed by atoms with Crippen LogP contribution in [-0.2, 0) is 13.2 Å². The molecule has 168 valence electrons. The van der Waals surface area contributed by atoms with Crippen molar-refractivity contribution in [2.24, 2.45) is 0 Å². The summed E-state index contributed by atoms with van der Waals surface area (Å²) in [6, 6.07) is 12.8. The van der Waals surface area contributed by atoms with Crippen molar-refractivity contribution < 1.29 is 18.3 Å². The number of hydrogen-bond donors (Lipinski definition) is 0. The van der Waals surface area contributed by atoms with Crippen LogP contribution < -0.4 is 10.4 Å². The fourth-order valence-electron chi connectivity index (χ4n) is 3.12. The fraction of sp³-hybridized carbons (Fsp3) is 0.167. The Morgan fingerprint density at radius 2 is 2.06 bits per heavy atom. The lowest BCUT2D eigenvalue weighted by molar-refractivity contribution is 0.104. The maximum Gasteiger partial charge on any atom is 0.347 e. The van der Waals surface area contributed by atoms with Crippen LogP contribution in [0.3, 0.4) is 0 Å². The molecule has 0 spiro atoms. The first-order valence-corrected chi connectivity index (χ1v) is 10.1. The Bertz CT molecular complexity index is 1390. The lowest BCUT2D eigenvalue weighted by Gasteiger charge is -2.06. The zero-order chi connectivity index (χ0) is 23.4. The predicted molar refractivity (Wildman–Crippen MR) is 119 cm³/mol. The number of halogens is 1. The van der Waals surface area contributed by atoms with Crippen LogP contribution in [0, 0.1) is 5.82 Å². The van der Waals surface area contributed by atoms with Gasteiger partial charge in [0.05, 0.1) is 12.7 Å². The van der Waals surface area contributed by atoms with E-state index in [9.17, 15) is 14.0 Å². The summed E-state index contributed by atoms with van der Waals surface area (Å²) in [5.74, 6) is -0.265. The summed E-state index contributed by atoms with van der Waals surface area (Å²) < 4.78 is 26.0. The third kappa shape index (κ3) is 5.51. The molecule has 0 saturated carbocycles. The van der Waals surface area contributed by atoms with Crippen molar-refractivity contribution in [3.8, 4) is 5.75 Å². The van der Waals surface area contributed by atoms with Crippen molar-refractivity contribution >= 4 is 16.8 Å². The van der Waals surface area contributed by atoms with Crippen LogP contribution in [0.5, 0.6) is 5.75 Å². The summed E-state index contributed by atoms with van der Waals surface area (Å²) in [7, 11) is 3.55. The number of benzene rings is 2. The molecule has 0 radical (unpaired) electrons. The van der Waals surface area contributed by atoms with E-state index >= 15 is 0 Å². The summed E-state index contributed by atoms with van der Waals surface area (Å²) >= 11 is 0. The molecular weight excluding hydrogens is 427 g/mol. The van der Waals surface area contributed by atoms with Crippen molar-refractivity contribution in [3.63, 3.8) is 0 Å². The Morgan fingerprint density at radius 1 is 1.21 bits per heavy atom. The SMILES string of the molecule is CN(C)/C=C/C(=O)c1cc2ccc(OCc3cn(Cc4cccc(F)c4)nn3)cc2oc1=O. The first kappa shape index (κ1) is 21.9. The van der Waals surface area contributed by atoms with E-state index in [1.807, 2.05) is 0 Å². The molecule has 2 heterocycles. The third-order valence-corrected chi connectivity index (χ3v) is 4.70. The number of ether oxygens (including phenoxy) is 1. The van der Waals surface area contributed by atoms with Gasteiger partial charge in [0, 0.05) is 37.8 Å². The van der Waals surface area contributed by atoms with Crippen molar-refractivity contribution in [2.45, 2.75) is 13.2 Å². The standard InChI is InChI=1S/C24H21FN4O4/c1-28(2)9-8-22(30)21-11-17-6-7-20(12-23(17)33-24(21)31)32-15-19-14-29(27-26-19)13-16-4-3-5-18(25)10-16/h3-12,14H,13,15H2,1-2H3/b9-8+. The minimum absolute atomic E-state index is 0.0378. The summed E-state index contributed by atoms with van der Waals surface area (Å²) in [6.45, 7) is 0.529. The Hall–Kier alpha value is -4.27. The average Bonchev–Trinajstić information content (AvgIpc) is 3.22. The van der Waals surface area contributed by atoms with Gasteiger partial charge in [0.25, 0.3) is 0 Å². The molecule has 0 unspecified atom stereocenters. The lowest BCUT2D eigenvalue weighted by atomic mass is 10.1. The summed E-state index contributed by atoms with van der Waals surface area (Å²) in [4.78, 5) is 26.2. The molecule has 8 nitrogen and oxygen atoms in total. The monoisotopic (exact) mass is 448 g/mol. The lowest BCUT2D eigenvalue weighted by Crippen LogP contribution is -2.13. The molecular formula is C24H21FN4O4. The van der Waals surface area contributed by atoms with Crippen LogP contribution in [-0.4, -0.2) is 39.8 Å². The maximum absolute atomic E-state index is 13.3. The van der Waals surface area contributed by atoms with Gasteiger partial charge in [-0.15, -0.1) is 5.10 Å². The molecule has 2 aromatic heterocycles. The molecule has 4 aromatic rings. The highest BCUT2D eigenvalue weighted by molar-refractivity contribution is 6.05. The van der Waals surface area contributed by atoms with Gasteiger partial charge in [-0.2, -0.15) is 0 Å². The summed E-state index contributed by atoms with van der Waals surface area (Å²) in [6.07, 6.45) is 4.60. The molecule has 0 aliphatic rings. The molecule has 0 aliphatic carbocycles. The van der Waals surface area contributed by atoms with E-state index in [-0.39, 0.29) is 18.0 Å². The minimum Gasteiger partial charge on any atom is -0.487 e. The second kappa shape index (κ2) is 9.47. The van der Waals surface area contributed by atoms with E-state index in [1.165, 1.54) is 24.3 Å². The quantitative estimate of drug-likeness (QED) is 0.232. The fourth-order valence-corrected chi connectivity index (χ4v) is 3.12. The van der Waals surface area contributed by atoms with Gasteiger partial charge in [-0.05, 0) is 35.9 Å². The van der Waals surface area contributed by atoms with Crippen LogP contribution in [0.25, 0.3) is 11.0 Å². The van der Waals surface area contributed by atoms with Gasteiger partial charge in [0.2, 0.25) is 0 Å². The number of aromatic nitrogens is 3. The Morgan fingerprint density at radius 3 is 2.85 bits per heavy atom. The van der Waals surface area contributed by atoms with E-state index in [1.54, 1.807) is 66.4 Å². The van der Waals surface area contributed by atoms with Crippen LogP contribution in [0.4, 0.5) is 4.39 Å². The average molecular weight is 448 g/mol. The van der Waals surface area contributed by atoms with Gasteiger partial charge in [-0.25, -0.2) is 13.9 Å². The number of allylic oxidation sites excluding steroid dienone is 1. The molecule has 0 atom stereocenters. The summed E-state index contributed by atoms with van der Waals surface area (Å²) in [5.41, 5.74) is 0.909. The molecule has 0 aliphatic heterocycles. The van der Waals surface area contributed by atoms with Crippen LogP contribution in [0.15, 0.2) is 76.2 Å². The number of hydrogen-bond acceptors (Lipinski definition) is 7. The van der Waals surface area contributed by atoms with Gasteiger partial charge in [0.15, 0.2) is 5.78 Å². The van der Waals surface area contributed by atoms with Crippen molar-refractivity contribution in [1.82, 2.24) is 19.9 Å². The number of fused-ring (bicyclic) bond motifs is 1. The first-order chi connectivity index (χ1) is 15.9. The largest absolute Gasteiger partial charge is 0.487 e.